The van der Waals surface area contributed by atoms with Crippen molar-refractivity contribution in [1.29, 1.82) is 0 Å². The van der Waals surface area contributed by atoms with Gasteiger partial charge in [0.1, 0.15) is 0 Å². The van der Waals surface area contributed by atoms with Gasteiger partial charge in [-0.2, -0.15) is 0 Å². The molecule has 0 aromatic rings. The Kier molecular flexibility index (Phi) is 6.28. The molecule has 0 aromatic carbocycles. The molecule has 1 saturated heterocycles. The summed E-state index contributed by atoms with van der Waals surface area (Å²) in [6, 6.07) is 0.427. The molecular formula is C16H34N2O. The van der Waals surface area contributed by atoms with Crippen LogP contribution < -0.4 is 5.32 Å². The summed E-state index contributed by atoms with van der Waals surface area (Å²) in [5.41, 5.74) is 0.400. The van der Waals surface area contributed by atoms with E-state index in [1.54, 1.807) is 0 Å². The SMILES string of the molecule is CC(C)NC(C)(CO)CCCCN1CCC(C)(C)C1. The van der Waals surface area contributed by atoms with Crippen LogP contribution in [0.2, 0.25) is 0 Å². The lowest BCUT2D eigenvalue weighted by atomic mass is 9.93. The Morgan fingerprint density at radius 1 is 1.32 bits per heavy atom. The number of aliphatic hydroxyl groups is 1. The molecule has 1 unspecified atom stereocenters. The Morgan fingerprint density at radius 3 is 2.47 bits per heavy atom. The van der Waals surface area contributed by atoms with Crippen molar-refractivity contribution in [3.8, 4) is 0 Å². The molecule has 1 heterocycles. The first-order valence-electron chi connectivity index (χ1n) is 7.87. The molecule has 3 nitrogen and oxygen atoms in total. The van der Waals surface area contributed by atoms with Crippen LogP contribution >= 0.6 is 0 Å². The highest BCUT2D eigenvalue weighted by Gasteiger charge is 2.29. The predicted molar refractivity (Wildman–Crippen MR) is 82.5 cm³/mol. The molecule has 19 heavy (non-hydrogen) atoms. The number of nitrogens with zero attached hydrogens (tertiary/aromatic N) is 1. The van der Waals surface area contributed by atoms with E-state index >= 15 is 0 Å². The van der Waals surface area contributed by atoms with Crippen molar-refractivity contribution in [2.24, 2.45) is 5.41 Å². The summed E-state index contributed by atoms with van der Waals surface area (Å²) >= 11 is 0. The largest absolute Gasteiger partial charge is 0.394 e. The fourth-order valence-electron chi connectivity index (χ4n) is 3.16. The van der Waals surface area contributed by atoms with Crippen molar-refractivity contribution in [3.63, 3.8) is 0 Å². The van der Waals surface area contributed by atoms with Gasteiger partial charge in [-0.1, -0.05) is 34.1 Å². The molecule has 0 amide bonds. The summed E-state index contributed by atoms with van der Waals surface area (Å²) in [5, 5.41) is 13.0. The molecule has 0 spiro atoms. The second-order valence-electron chi connectivity index (χ2n) is 7.67. The number of nitrogens with one attached hydrogen (secondary N) is 1. The van der Waals surface area contributed by atoms with Crippen LogP contribution in [0.3, 0.4) is 0 Å². The van der Waals surface area contributed by atoms with Gasteiger partial charge in [0.15, 0.2) is 0 Å². The summed E-state index contributed by atoms with van der Waals surface area (Å²) in [6.07, 6.45) is 4.81. The molecule has 1 aliphatic heterocycles. The van der Waals surface area contributed by atoms with Crippen LogP contribution in [0.5, 0.6) is 0 Å². The van der Waals surface area contributed by atoms with Crippen molar-refractivity contribution < 1.29 is 5.11 Å². The Morgan fingerprint density at radius 2 is 2.00 bits per heavy atom. The molecule has 1 atom stereocenters. The second-order valence-corrected chi connectivity index (χ2v) is 7.67. The monoisotopic (exact) mass is 270 g/mol. The van der Waals surface area contributed by atoms with E-state index in [2.05, 4.69) is 44.8 Å². The van der Waals surface area contributed by atoms with E-state index in [4.69, 9.17) is 0 Å². The predicted octanol–water partition coefficient (Wildman–Crippen LogP) is 2.64. The third kappa shape index (κ3) is 6.24. The zero-order chi connectivity index (χ0) is 14.5. The highest BCUT2D eigenvalue weighted by molar-refractivity contribution is 4.85. The molecule has 3 heteroatoms. The van der Waals surface area contributed by atoms with Gasteiger partial charge in [-0.05, 0) is 44.7 Å². The van der Waals surface area contributed by atoms with Crippen LogP contribution in [0.1, 0.15) is 60.3 Å². The van der Waals surface area contributed by atoms with E-state index < -0.39 is 0 Å². The summed E-state index contributed by atoms with van der Waals surface area (Å²) in [4.78, 5) is 2.59. The van der Waals surface area contributed by atoms with E-state index in [1.165, 1.54) is 38.9 Å². The van der Waals surface area contributed by atoms with Crippen molar-refractivity contribution in [2.75, 3.05) is 26.2 Å². The summed E-state index contributed by atoms with van der Waals surface area (Å²) < 4.78 is 0. The molecule has 1 fully saturated rings. The summed E-state index contributed by atoms with van der Waals surface area (Å²) in [6.45, 7) is 15.1. The Labute approximate surface area is 119 Å². The normalized spacial score (nSPS) is 22.9. The maximum atomic E-state index is 9.54. The van der Waals surface area contributed by atoms with Crippen molar-refractivity contribution in [2.45, 2.75) is 71.9 Å². The average molecular weight is 270 g/mol. The van der Waals surface area contributed by atoms with Gasteiger partial charge >= 0.3 is 0 Å². The molecular weight excluding hydrogens is 236 g/mol. The van der Waals surface area contributed by atoms with Crippen LogP contribution in [0, 0.1) is 5.41 Å². The number of aliphatic hydroxyl groups excluding tert-OH is 1. The van der Waals surface area contributed by atoms with Crippen LogP contribution in [0.25, 0.3) is 0 Å². The highest BCUT2D eigenvalue weighted by atomic mass is 16.3. The van der Waals surface area contributed by atoms with Crippen LogP contribution in [0.15, 0.2) is 0 Å². The topological polar surface area (TPSA) is 35.5 Å². The molecule has 0 aliphatic carbocycles. The van der Waals surface area contributed by atoms with E-state index in [-0.39, 0.29) is 12.1 Å². The number of hydrogen-bond donors (Lipinski definition) is 2. The van der Waals surface area contributed by atoms with Crippen molar-refractivity contribution in [3.05, 3.63) is 0 Å². The quantitative estimate of drug-likeness (QED) is 0.666. The zero-order valence-electron chi connectivity index (χ0n) is 13.6. The standard InChI is InChI=1S/C16H34N2O/c1-14(2)17-16(5,13-19)8-6-7-10-18-11-9-15(3,4)12-18/h14,17,19H,6-13H2,1-5H3. The van der Waals surface area contributed by atoms with Crippen LogP contribution in [-0.4, -0.2) is 47.8 Å². The minimum absolute atomic E-state index is 0.113. The van der Waals surface area contributed by atoms with Gasteiger partial charge in [0.05, 0.1) is 6.61 Å². The third-order valence-electron chi connectivity index (χ3n) is 4.20. The maximum absolute atomic E-state index is 9.54. The van der Waals surface area contributed by atoms with Crippen LogP contribution in [0.4, 0.5) is 0 Å². The lowest BCUT2D eigenvalue weighted by Crippen LogP contribution is -2.49. The second kappa shape index (κ2) is 7.05. The number of likely N-dealkylation sites (tertiary alicyclic amines) is 1. The minimum atomic E-state index is -0.113. The summed E-state index contributed by atoms with van der Waals surface area (Å²) in [7, 11) is 0. The molecule has 0 aromatic heterocycles. The van der Waals surface area contributed by atoms with Crippen LogP contribution in [-0.2, 0) is 0 Å². The first-order chi connectivity index (χ1) is 8.76. The van der Waals surface area contributed by atoms with E-state index in [0.29, 0.717) is 11.5 Å². The van der Waals surface area contributed by atoms with E-state index in [1.807, 2.05) is 0 Å². The van der Waals surface area contributed by atoms with Gasteiger partial charge in [0.2, 0.25) is 0 Å². The molecule has 1 aliphatic rings. The molecule has 0 bridgehead atoms. The molecule has 2 N–H and O–H groups in total. The fourth-order valence-corrected chi connectivity index (χ4v) is 3.16. The maximum Gasteiger partial charge on any atom is 0.0610 e. The highest BCUT2D eigenvalue weighted by Crippen LogP contribution is 2.28. The number of rotatable bonds is 8. The minimum Gasteiger partial charge on any atom is -0.394 e. The summed E-state index contributed by atoms with van der Waals surface area (Å²) in [5.74, 6) is 0. The molecule has 1 rings (SSSR count). The van der Waals surface area contributed by atoms with Crippen molar-refractivity contribution in [1.82, 2.24) is 10.2 Å². The lowest BCUT2D eigenvalue weighted by molar-refractivity contribution is 0.152. The Hall–Kier alpha value is -0.120. The number of unbranched alkanes of at least 4 members (excludes halogenated alkanes) is 1. The van der Waals surface area contributed by atoms with Gasteiger partial charge < -0.3 is 15.3 Å². The average Bonchev–Trinajstić information content (AvgIpc) is 2.64. The van der Waals surface area contributed by atoms with E-state index in [0.717, 1.165) is 6.42 Å². The molecule has 0 saturated carbocycles. The van der Waals surface area contributed by atoms with Gasteiger partial charge in [0.25, 0.3) is 0 Å². The fraction of sp³-hybridized carbons (Fsp3) is 1.00. The lowest BCUT2D eigenvalue weighted by Gasteiger charge is -2.31. The Bertz CT molecular complexity index is 265. The number of hydrogen-bond acceptors (Lipinski definition) is 3. The van der Waals surface area contributed by atoms with E-state index in [9.17, 15) is 5.11 Å². The third-order valence-corrected chi connectivity index (χ3v) is 4.20. The van der Waals surface area contributed by atoms with Gasteiger partial charge in [-0.25, -0.2) is 0 Å². The van der Waals surface area contributed by atoms with Gasteiger partial charge in [-0.15, -0.1) is 0 Å². The Balaban J connectivity index is 2.19. The smallest absolute Gasteiger partial charge is 0.0610 e. The van der Waals surface area contributed by atoms with Crippen molar-refractivity contribution >= 4 is 0 Å². The molecule has 0 radical (unpaired) electrons. The first kappa shape index (κ1) is 16.9. The van der Waals surface area contributed by atoms with Gasteiger partial charge in [-0.3, -0.25) is 0 Å². The zero-order valence-corrected chi connectivity index (χ0v) is 13.6. The van der Waals surface area contributed by atoms with Gasteiger partial charge in [0, 0.05) is 18.1 Å². The first-order valence-corrected chi connectivity index (χ1v) is 7.87. The molecule has 114 valence electrons.